The summed E-state index contributed by atoms with van der Waals surface area (Å²) >= 11 is 0. The van der Waals surface area contributed by atoms with E-state index in [1.165, 1.54) is 0 Å². The lowest BCUT2D eigenvalue weighted by molar-refractivity contribution is -0.118. The van der Waals surface area contributed by atoms with Gasteiger partial charge in [-0.25, -0.2) is 0 Å². The van der Waals surface area contributed by atoms with Gasteiger partial charge in [0.1, 0.15) is 0 Å². The zero-order valence-electron chi connectivity index (χ0n) is 12.3. The van der Waals surface area contributed by atoms with Crippen molar-refractivity contribution in [3.05, 3.63) is 41.5 Å². The molecule has 21 heavy (non-hydrogen) atoms. The first-order valence-corrected chi connectivity index (χ1v) is 7.15. The Hall–Kier alpha value is -2.14. The van der Waals surface area contributed by atoms with Crippen LogP contribution >= 0.6 is 0 Å². The number of carbonyl (C=O) groups is 2. The molecule has 2 unspecified atom stereocenters. The Morgan fingerprint density at radius 2 is 2.10 bits per heavy atom. The average Bonchev–Trinajstić information content (AvgIpc) is 2.88. The van der Waals surface area contributed by atoms with Crippen LogP contribution in [-0.4, -0.2) is 24.4 Å². The van der Waals surface area contributed by atoms with Gasteiger partial charge >= 0.3 is 0 Å². The summed E-state index contributed by atoms with van der Waals surface area (Å²) in [7, 11) is 0. The summed E-state index contributed by atoms with van der Waals surface area (Å²) in [5.41, 5.74) is 7.93. The molecule has 2 atom stereocenters. The molecule has 1 aliphatic rings. The molecule has 0 saturated carbocycles. The molecule has 0 aliphatic heterocycles. The molecule has 1 aromatic rings. The highest BCUT2D eigenvalue weighted by molar-refractivity contribution is 5.97. The van der Waals surface area contributed by atoms with Crippen molar-refractivity contribution >= 4 is 17.5 Å². The average molecular weight is 287 g/mol. The molecule has 1 aliphatic carbocycles. The third-order valence-corrected chi connectivity index (χ3v) is 3.54. The number of aryl methyl sites for hydroxylation is 1. The summed E-state index contributed by atoms with van der Waals surface area (Å²) < 4.78 is 0. The van der Waals surface area contributed by atoms with E-state index < -0.39 is 0 Å². The van der Waals surface area contributed by atoms with Gasteiger partial charge in [0.15, 0.2) is 0 Å². The van der Waals surface area contributed by atoms with Gasteiger partial charge in [-0.05, 0) is 44.0 Å². The first-order chi connectivity index (χ1) is 10.0. The van der Waals surface area contributed by atoms with Crippen molar-refractivity contribution in [1.82, 2.24) is 5.32 Å². The summed E-state index contributed by atoms with van der Waals surface area (Å²) in [5, 5.41) is 5.64. The van der Waals surface area contributed by atoms with Crippen molar-refractivity contribution in [2.45, 2.75) is 26.3 Å². The second-order valence-electron chi connectivity index (χ2n) is 5.27. The Morgan fingerprint density at radius 1 is 1.33 bits per heavy atom. The van der Waals surface area contributed by atoms with Gasteiger partial charge in [-0.2, -0.15) is 0 Å². The van der Waals surface area contributed by atoms with Crippen molar-refractivity contribution < 1.29 is 9.59 Å². The number of carbonyl (C=O) groups excluding carboxylic acids is 2. The molecular weight excluding hydrogens is 266 g/mol. The van der Waals surface area contributed by atoms with E-state index in [1.54, 1.807) is 18.2 Å². The van der Waals surface area contributed by atoms with Crippen LogP contribution in [0, 0.1) is 12.8 Å². The number of anilines is 1. The molecule has 0 heterocycles. The number of rotatable bonds is 4. The highest BCUT2D eigenvalue weighted by Gasteiger charge is 2.23. The van der Waals surface area contributed by atoms with Gasteiger partial charge in [0.2, 0.25) is 5.91 Å². The van der Waals surface area contributed by atoms with Crippen molar-refractivity contribution in [2.75, 3.05) is 11.9 Å². The minimum absolute atomic E-state index is 0.0398. The van der Waals surface area contributed by atoms with E-state index in [4.69, 9.17) is 5.73 Å². The Bertz CT molecular complexity index is 581. The normalized spacial score (nSPS) is 20.3. The molecule has 0 aromatic heterocycles. The fraction of sp³-hybridized carbons (Fsp3) is 0.375. The van der Waals surface area contributed by atoms with Crippen molar-refractivity contribution in [2.24, 2.45) is 11.7 Å². The summed E-state index contributed by atoms with van der Waals surface area (Å²) in [6.07, 6.45) is 4.34. The second kappa shape index (κ2) is 6.54. The zero-order chi connectivity index (χ0) is 15.4. The monoisotopic (exact) mass is 287 g/mol. The van der Waals surface area contributed by atoms with Gasteiger partial charge in [0.05, 0.1) is 5.92 Å². The van der Waals surface area contributed by atoms with E-state index in [0.29, 0.717) is 18.5 Å². The van der Waals surface area contributed by atoms with Crippen LogP contribution < -0.4 is 16.4 Å². The Morgan fingerprint density at radius 3 is 2.67 bits per heavy atom. The second-order valence-corrected chi connectivity index (χ2v) is 5.27. The molecule has 5 heteroatoms. The number of hydrogen-bond acceptors (Lipinski definition) is 3. The maximum atomic E-state index is 12.1. The topological polar surface area (TPSA) is 84.2 Å². The summed E-state index contributed by atoms with van der Waals surface area (Å²) in [4.78, 5) is 23.9. The number of benzene rings is 1. The Labute approximate surface area is 124 Å². The van der Waals surface area contributed by atoms with E-state index in [1.807, 2.05) is 26.0 Å². The molecule has 4 N–H and O–H groups in total. The molecule has 2 rings (SSSR count). The molecule has 2 amide bonds. The number of hydrogen-bond donors (Lipinski definition) is 3. The lowest BCUT2D eigenvalue weighted by Crippen LogP contribution is -2.25. The predicted molar refractivity (Wildman–Crippen MR) is 83.0 cm³/mol. The van der Waals surface area contributed by atoms with Crippen LogP contribution in [0.25, 0.3) is 0 Å². The fourth-order valence-corrected chi connectivity index (χ4v) is 2.35. The number of nitrogens with one attached hydrogen (secondary N) is 2. The van der Waals surface area contributed by atoms with Gasteiger partial charge in [-0.3, -0.25) is 9.59 Å². The third kappa shape index (κ3) is 3.70. The number of amides is 2. The Kier molecular flexibility index (Phi) is 4.75. The van der Waals surface area contributed by atoms with Crippen LogP contribution in [0.3, 0.4) is 0 Å². The van der Waals surface area contributed by atoms with E-state index in [0.717, 1.165) is 11.3 Å². The standard InChI is InChI=1S/C16H21N3O2/c1-3-18-15(20)11-5-7-14(10(2)8-11)19-16(21)12-4-6-13(17)9-12/h4-8,12-13H,3,9,17H2,1-2H3,(H,18,20)(H,19,21). The quantitative estimate of drug-likeness (QED) is 0.735. The van der Waals surface area contributed by atoms with Crippen molar-refractivity contribution in [1.29, 1.82) is 0 Å². The fourth-order valence-electron chi connectivity index (χ4n) is 2.35. The van der Waals surface area contributed by atoms with Crippen LogP contribution in [0.1, 0.15) is 29.3 Å². The van der Waals surface area contributed by atoms with Crippen LogP contribution in [0.15, 0.2) is 30.4 Å². The van der Waals surface area contributed by atoms with Gasteiger partial charge in [-0.1, -0.05) is 12.2 Å². The first kappa shape index (κ1) is 15.3. The zero-order valence-corrected chi connectivity index (χ0v) is 12.3. The Balaban J connectivity index is 2.06. The maximum absolute atomic E-state index is 12.1. The van der Waals surface area contributed by atoms with Gasteiger partial charge in [0.25, 0.3) is 5.91 Å². The van der Waals surface area contributed by atoms with Gasteiger partial charge in [0, 0.05) is 23.8 Å². The molecule has 0 fully saturated rings. The smallest absolute Gasteiger partial charge is 0.251 e. The molecule has 112 valence electrons. The molecule has 0 bridgehead atoms. The molecular formula is C16H21N3O2. The van der Waals surface area contributed by atoms with Crippen molar-refractivity contribution in [3.8, 4) is 0 Å². The minimum atomic E-state index is -0.178. The molecule has 1 aromatic carbocycles. The largest absolute Gasteiger partial charge is 0.352 e. The minimum Gasteiger partial charge on any atom is -0.352 e. The van der Waals surface area contributed by atoms with Crippen molar-refractivity contribution in [3.63, 3.8) is 0 Å². The third-order valence-electron chi connectivity index (χ3n) is 3.54. The van der Waals surface area contributed by atoms with Crippen LogP contribution in [0.5, 0.6) is 0 Å². The first-order valence-electron chi connectivity index (χ1n) is 7.15. The van der Waals surface area contributed by atoms with Gasteiger partial charge in [-0.15, -0.1) is 0 Å². The molecule has 5 nitrogen and oxygen atoms in total. The lowest BCUT2D eigenvalue weighted by atomic mass is 10.1. The van der Waals surface area contributed by atoms with E-state index >= 15 is 0 Å². The lowest BCUT2D eigenvalue weighted by Gasteiger charge is -2.13. The molecule has 0 spiro atoms. The highest BCUT2D eigenvalue weighted by atomic mass is 16.2. The molecule has 0 saturated heterocycles. The number of nitrogens with two attached hydrogens (primary N) is 1. The SMILES string of the molecule is CCNC(=O)c1ccc(NC(=O)C2C=CC(N)C2)c(C)c1. The summed E-state index contributed by atoms with van der Waals surface area (Å²) in [6, 6.07) is 5.21. The molecule has 0 radical (unpaired) electrons. The summed E-state index contributed by atoms with van der Waals surface area (Å²) in [6.45, 7) is 4.33. The highest BCUT2D eigenvalue weighted by Crippen LogP contribution is 2.21. The van der Waals surface area contributed by atoms with E-state index in [9.17, 15) is 9.59 Å². The van der Waals surface area contributed by atoms with Gasteiger partial charge < -0.3 is 16.4 Å². The van der Waals surface area contributed by atoms with Crippen LogP contribution in [0.2, 0.25) is 0 Å². The van der Waals surface area contributed by atoms with E-state index in [-0.39, 0.29) is 23.8 Å². The van der Waals surface area contributed by atoms with Crippen LogP contribution in [-0.2, 0) is 4.79 Å². The summed E-state index contributed by atoms with van der Waals surface area (Å²) in [5.74, 6) is -0.348. The van der Waals surface area contributed by atoms with Crippen LogP contribution in [0.4, 0.5) is 5.69 Å². The van der Waals surface area contributed by atoms with E-state index in [2.05, 4.69) is 10.6 Å². The predicted octanol–water partition coefficient (Wildman–Crippen LogP) is 1.59. The maximum Gasteiger partial charge on any atom is 0.251 e.